The lowest BCUT2D eigenvalue weighted by atomic mass is 10.1. The van der Waals surface area contributed by atoms with Gasteiger partial charge in [0.15, 0.2) is 11.6 Å². The lowest BCUT2D eigenvalue weighted by Crippen LogP contribution is -2.36. The van der Waals surface area contributed by atoms with Crippen LogP contribution in [0.1, 0.15) is 41.1 Å². The Morgan fingerprint density at radius 3 is 2.67 bits per heavy atom. The number of nitrogens with one attached hydrogen (secondary N) is 1. The number of anilines is 1. The molecule has 30 heavy (non-hydrogen) atoms. The second kappa shape index (κ2) is 8.08. The second-order valence-electron chi connectivity index (χ2n) is 7.51. The number of aryl methyl sites for hydroxylation is 3. The minimum absolute atomic E-state index is 0.201. The zero-order valence-corrected chi connectivity index (χ0v) is 17.7. The van der Waals surface area contributed by atoms with Crippen LogP contribution in [-0.2, 0) is 6.54 Å². The molecule has 2 N–H and O–H groups in total. The predicted octanol–water partition coefficient (Wildman–Crippen LogP) is 3.23. The molecule has 2 atom stereocenters. The van der Waals surface area contributed by atoms with Crippen LogP contribution in [0.25, 0.3) is 0 Å². The molecule has 0 radical (unpaired) electrons. The number of carbonyl (C=O) groups is 1. The summed E-state index contributed by atoms with van der Waals surface area (Å²) in [4.78, 5) is 14.6. The first kappa shape index (κ1) is 20.4. The number of aliphatic hydroxyl groups is 1. The van der Waals surface area contributed by atoms with E-state index in [4.69, 9.17) is 16.1 Å². The molecule has 2 amide bonds. The third kappa shape index (κ3) is 3.90. The number of nitrogens with zero attached hydrogens (tertiary/aromatic N) is 5. The number of urea groups is 1. The molecule has 9 nitrogen and oxygen atoms in total. The largest absolute Gasteiger partial charge is 0.391 e. The van der Waals surface area contributed by atoms with Crippen molar-refractivity contribution in [2.45, 2.75) is 45.9 Å². The van der Waals surface area contributed by atoms with Gasteiger partial charge in [0, 0.05) is 18.0 Å². The molecule has 158 valence electrons. The minimum Gasteiger partial charge on any atom is -0.391 e. The number of aromatic nitrogens is 4. The molecule has 3 heterocycles. The standard InChI is InChI=1S/C20H23ClN6O3/c1-11-18(12(2)30-25-11)22-20(29)27-10-16(28)8-17(27)19-24-23-13(3)26(19)9-14-4-6-15(21)7-5-14/h4-7,16-17,28H,8-10H2,1-3H3,(H,22,29)/t16-,17-/m1/s1. The number of hydrogen-bond donors (Lipinski definition) is 2. The van der Waals surface area contributed by atoms with Gasteiger partial charge in [0.05, 0.1) is 18.7 Å². The van der Waals surface area contributed by atoms with E-state index in [1.807, 2.05) is 35.8 Å². The molecule has 1 aromatic carbocycles. The molecular weight excluding hydrogens is 408 g/mol. The van der Waals surface area contributed by atoms with Crippen molar-refractivity contribution in [3.05, 3.63) is 58.0 Å². The van der Waals surface area contributed by atoms with Gasteiger partial charge in [0.25, 0.3) is 0 Å². The molecule has 1 aliphatic heterocycles. The van der Waals surface area contributed by atoms with Crippen molar-refractivity contribution < 1.29 is 14.4 Å². The molecular formula is C20H23ClN6O3. The summed E-state index contributed by atoms with van der Waals surface area (Å²) in [6.45, 7) is 6.10. The van der Waals surface area contributed by atoms with E-state index in [2.05, 4.69) is 20.7 Å². The van der Waals surface area contributed by atoms with Crippen LogP contribution in [0.15, 0.2) is 28.8 Å². The fourth-order valence-corrected chi connectivity index (χ4v) is 3.86. The molecule has 10 heteroatoms. The Bertz CT molecular complexity index is 1040. The number of hydrogen-bond acceptors (Lipinski definition) is 6. The highest BCUT2D eigenvalue weighted by atomic mass is 35.5. The van der Waals surface area contributed by atoms with E-state index in [1.165, 1.54) is 0 Å². The van der Waals surface area contributed by atoms with Crippen molar-refractivity contribution in [2.24, 2.45) is 0 Å². The number of carbonyl (C=O) groups excluding carboxylic acids is 1. The van der Waals surface area contributed by atoms with Crippen molar-refractivity contribution in [3.63, 3.8) is 0 Å². The molecule has 0 saturated carbocycles. The fourth-order valence-electron chi connectivity index (χ4n) is 3.73. The van der Waals surface area contributed by atoms with Gasteiger partial charge in [0.2, 0.25) is 0 Å². The SMILES string of the molecule is Cc1noc(C)c1NC(=O)N1C[C@H](O)C[C@@H]1c1nnc(C)n1Cc1ccc(Cl)cc1. The molecule has 1 fully saturated rings. The summed E-state index contributed by atoms with van der Waals surface area (Å²) < 4.78 is 7.08. The Labute approximate surface area is 178 Å². The normalized spacial score (nSPS) is 18.8. The van der Waals surface area contributed by atoms with E-state index in [1.54, 1.807) is 18.7 Å². The Balaban J connectivity index is 1.60. The first-order chi connectivity index (χ1) is 14.3. The van der Waals surface area contributed by atoms with Gasteiger partial charge in [-0.25, -0.2) is 4.79 Å². The molecule has 0 spiro atoms. The summed E-state index contributed by atoms with van der Waals surface area (Å²) >= 11 is 5.99. The molecule has 0 aliphatic carbocycles. The van der Waals surface area contributed by atoms with Crippen molar-refractivity contribution in [2.75, 3.05) is 11.9 Å². The molecule has 3 aromatic rings. The number of aliphatic hydroxyl groups excluding tert-OH is 1. The van der Waals surface area contributed by atoms with E-state index in [-0.39, 0.29) is 12.6 Å². The van der Waals surface area contributed by atoms with Gasteiger partial charge in [-0.2, -0.15) is 0 Å². The van der Waals surface area contributed by atoms with Crippen molar-refractivity contribution in [3.8, 4) is 0 Å². The number of β-amino-alcohol motifs (C(OH)–C–C–N with tert-alkyl or cyclic N) is 1. The minimum atomic E-state index is -0.647. The fraction of sp³-hybridized carbons (Fsp3) is 0.400. The van der Waals surface area contributed by atoms with Crippen molar-refractivity contribution in [1.29, 1.82) is 0 Å². The molecule has 0 bridgehead atoms. The van der Waals surface area contributed by atoms with Crippen LogP contribution in [0, 0.1) is 20.8 Å². The van der Waals surface area contributed by atoms with Gasteiger partial charge in [-0.15, -0.1) is 10.2 Å². The monoisotopic (exact) mass is 430 g/mol. The van der Waals surface area contributed by atoms with Gasteiger partial charge in [0.1, 0.15) is 17.2 Å². The summed E-state index contributed by atoms with van der Waals surface area (Å²) in [6, 6.07) is 6.80. The van der Waals surface area contributed by atoms with Crippen molar-refractivity contribution in [1.82, 2.24) is 24.8 Å². The number of amides is 2. The average molecular weight is 431 g/mol. The van der Waals surface area contributed by atoms with Crippen LogP contribution in [0.4, 0.5) is 10.5 Å². The highest BCUT2D eigenvalue weighted by molar-refractivity contribution is 6.30. The Morgan fingerprint density at radius 1 is 1.27 bits per heavy atom. The zero-order valence-electron chi connectivity index (χ0n) is 17.0. The lowest BCUT2D eigenvalue weighted by molar-refractivity contribution is 0.175. The van der Waals surface area contributed by atoms with Crippen LogP contribution in [0.5, 0.6) is 0 Å². The Morgan fingerprint density at radius 2 is 2.00 bits per heavy atom. The van der Waals surface area contributed by atoms with Crippen LogP contribution in [0.2, 0.25) is 5.02 Å². The third-order valence-corrected chi connectivity index (χ3v) is 5.57. The zero-order chi connectivity index (χ0) is 21.4. The summed E-state index contributed by atoms with van der Waals surface area (Å²) in [7, 11) is 0. The van der Waals surface area contributed by atoms with E-state index >= 15 is 0 Å². The van der Waals surface area contributed by atoms with Crippen LogP contribution < -0.4 is 5.32 Å². The molecule has 4 rings (SSSR count). The molecule has 1 saturated heterocycles. The van der Waals surface area contributed by atoms with E-state index in [0.29, 0.717) is 41.0 Å². The number of likely N-dealkylation sites (tertiary alicyclic amines) is 1. The number of halogens is 1. The van der Waals surface area contributed by atoms with Crippen molar-refractivity contribution >= 4 is 23.3 Å². The van der Waals surface area contributed by atoms with Gasteiger partial charge in [-0.05, 0) is 38.5 Å². The van der Waals surface area contributed by atoms with Crippen LogP contribution in [0.3, 0.4) is 0 Å². The Hall–Kier alpha value is -2.91. The maximum absolute atomic E-state index is 13.0. The molecule has 2 aromatic heterocycles. The predicted molar refractivity (Wildman–Crippen MR) is 110 cm³/mol. The second-order valence-corrected chi connectivity index (χ2v) is 7.94. The topological polar surface area (TPSA) is 109 Å². The first-order valence-corrected chi connectivity index (χ1v) is 10.0. The van der Waals surface area contributed by atoms with E-state index in [0.717, 1.165) is 11.4 Å². The van der Waals surface area contributed by atoms with Gasteiger partial charge in [-0.1, -0.05) is 28.9 Å². The van der Waals surface area contributed by atoms with Crippen LogP contribution >= 0.6 is 11.6 Å². The number of benzene rings is 1. The van der Waals surface area contributed by atoms with Crippen LogP contribution in [-0.4, -0.2) is 48.6 Å². The quantitative estimate of drug-likeness (QED) is 0.657. The lowest BCUT2D eigenvalue weighted by Gasteiger charge is -2.24. The Kier molecular flexibility index (Phi) is 5.48. The number of rotatable bonds is 4. The van der Waals surface area contributed by atoms with E-state index in [9.17, 15) is 9.90 Å². The maximum atomic E-state index is 13.0. The summed E-state index contributed by atoms with van der Waals surface area (Å²) in [5.74, 6) is 1.89. The molecule has 1 aliphatic rings. The summed E-state index contributed by atoms with van der Waals surface area (Å²) in [6.07, 6.45) is -0.264. The van der Waals surface area contributed by atoms with Gasteiger partial charge < -0.3 is 24.4 Å². The van der Waals surface area contributed by atoms with Gasteiger partial charge >= 0.3 is 6.03 Å². The smallest absolute Gasteiger partial charge is 0.322 e. The van der Waals surface area contributed by atoms with Gasteiger partial charge in [-0.3, -0.25) is 0 Å². The maximum Gasteiger partial charge on any atom is 0.322 e. The first-order valence-electron chi connectivity index (χ1n) is 9.66. The third-order valence-electron chi connectivity index (χ3n) is 5.32. The average Bonchev–Trinajstić information content (AvgIpc) is 3.37. The summed E-state index contributed by atoms with van der Waals surface area (Å²) in [5, 5.41) is 26.2. The summed E-state index contributed by atoms with van der Waals surface area (Å²) in [5.41, 5.74) is 2.17. The highest BCUT2D eigenvalue weighted by Crippen LogP contribution is 2.33. The van der Waals surface area contributed by atoms with E-state index < -0.39 is 12.1 Å². The molecule has 0 unspecified atom stereocenters. The highest BCUT2D eigenvalue weighted by Gasteiger charge is 2.39.